The van der Waals surface area contributed by atoms with Gasteiger partial charge in [-0.25, -0.2) is 0 Å². The lowest BCUT2D eigenvalue weighted by atomic mass is 9.90. The zero-order valence-corrected chi connectivity index (χ0v) is 26.0. The lowest BCUT2D eigenvalue weighted by Gasteiger charge is -2.47. The van der Waals surface area contributed by atoms with Crippen molar-refractivity contribution in [3.8, 4) is 5.88 Å². The molecule has 6 unspecified atom stereocenters. The third kappa shape index (κ3) is 7.09. The van der Waals surface area contributed by atoms with Gasteiger partial charge in [0.25, 0.3) is 0 Å². The number of piperidine rings is 2. The van der Waals surface area contributed by atoms with Gasteiger partial charge in [-0.3, -0.25) is 24.9 Å². The lowest BCUT2D eigenvalue weighted by Crippen LogP contribution is -2.60. The Labute approximate surface area is 253 Å². The van der Waals surface area contributed by atoms with Crippen LogP contribution in [0.4, 0.5) is 13.2 Å². The van der Waals surface area contributed by atoms with E-state index in [1.165, 1.54) is 38.5 Å². The Morgan fingerprint density at radius 1 is 1.10 bits per heavy atom. The van der Waals surface area contributed by atoms with Gasteiger partial charge in [0.05, 0.1) is 29.7 Å². The van der Waals surface area contributed by atoms with Crippen LogP contribution in [-0.4, -0.2) is 70.3 Å². The van der Waals surface area contributed by atoms with Gasteiger partial charge >= 0.3 is 6.18 Å². The fourth-order valence-electron chi connectivity index (χ4n) is 7.87. The maximum Gasteiger partial charge on any atom is 0.394 e. The summed E-state index contributed by atoms with van der Waals surface area (Å²) in [5.74, 6) is 1.66. The van der Waals surface area contributed by atoms with Crippen LogP contribution in [0.15, 0.2) is 12.3 Å². The molecule has 1 aliphatic carbocycles. The summed E-state index contributed by atoms with van der Waals surface area (Å²) in [6.45, 7) is 8.19. The molecular formula is C30H50F3N7OS. The molecule has 5 aliphatic rings. The van der Waals surface area contributed by atoms with Gasteiger partial charge in [-0.2, -0.15) is 13.2 Å². The lowest BCUT2D eigenvalue weighted by molar-refractivity contribution is -0.189. The molecule has 6 rings (SSSR count). The van der Waals surface area contributed by atoms with Gasteiger partial charge < -0.3 is 10.1 Å². The topological polar surface area (TPSA) is 78.4 Å². The molecule has 0 aromatic carbocycles. The van der Waals surface area contributed by atoms with Gasteiger partial charge in [-0.05, 0) is 103 Å². The van der Waals surface area contributed by atoms with E-state index in [-0.39, 0.29) is 43.7 Å². The number of nitrogens with one attached hydrogen (secondary N) is 4. The number of rotatable bonds is 6. The Morgan fingerprint density at radius 2 is 1.95 bits per heavy atom. The maximum absolute atomic E-state index is 13.2. The zero-order chi connectivity index (χ0) is 29.4. The third-order valence-electron chi connectivity index (χ3n) is 10.5. The van der Waals surface area contributed by atoms with Crippen LogP contribution in [0.1, 0.15) is 97.1 Å². The molecule has 12 heteroatoms. The van der Waals surface area contributed by atoms with Crippen LogP contribution in [0.5, 0.6) is 5.88 Å². The van der Waals surface area contributed by atoms with Crippen molar-refractivity contribution in [1.29, 1.82) is 0 Å². The Hall–Kier alpha value is -1.05. The molecular weight excluding hydrogens is 563 g/mol. The molecule has 0 radical (unpaired) electrons. The second-order valence-corrected chi connectivity index (χ2v) is 15.2. The summed E-state index contributed by atoms with van der Waals surface area (Å²) >= 11 is 1.86. The molecule has 1 aromatic rings. The van der Waals surface area contributed by atoms with Gasteiger partial charge in [-0.15, -0.1) is 5.10 Å². The Kier molecular flexibility index (Phi) is 9.40. The molecule has 1 aromatic heterocycles. The number of aromatic nitrogens is 2. The van der Waals surface area contributed by atoms with Crippen molar-refractivity contribution in [1.82, 2.24) is 35.4 Å². The first-order chi connectivity index (χ1) is 20.1. The van der Waals surface area contributed by atoms with Gasteiger partial charge in [0.15, 0.2) is 0 Å². The molecule has 4 aliphatic heterocycles. The molecule has 5 fully saturated rings. The van der Waals surface area contributed by atoms with Crippen LogP contribution in [0, 0.1) is 17.3 Å². The predicted molar refractivity (Wildman–Crippen MR) is 160 cm³/mol. The standard InChI is InChI=1S/C30H50F3N7OS/c1-28(2)18-21-6-4-15-34-23-7-3-8-26(36-23)42-35-19-22-9-10-24(37-27(22)39(28)20-21)40-16-11-25(38-40)41-17-5-12-29(13-14-29)30(31,32)33/h11,16,21-24,26-27,34-37H,3-10,12-15,17-20H2,1-2H3/t21-,22?,23?,24?,26?,27?/m1/s1. The van der Waals surface area contributed by atoms with Crippen LogP contribution in [0.2, 0.25) is 0 Å². The van der Waals surface area contributed by atoms with E-state index in [0.717, 1.165) is 32.5 Å². The highest BCUT2D eigenvalue weighted by atomic mass is 32.2. The third-order valence-corrected chi connectivity index (χ3v) is 11.5. The smallest absolute Gasteiger partial charge is 0.394 e. The molecule has 5 heterocycles. The van der Waals surface area contributed by atoms with E-state index < -0.39 is 11.6 Å². The number of halogens is 3. The fraction of sp³-hybridized carbons (Fsp3) is 0.900. The number of hydrogen-bond acceptors (Lipinski definition) is 8. The van der Waals surface area contributed by atoms with Crippen molar-refractivity contribution in [2.75, 3.05) is 26.2 Å². The molecule has 0 amide bonds. The molecule has 7 atom stereocenters. The minimum atomic E-state index is -4.10. The highest BCUT2D eigenvalue weighted by molar-refractivity contribution is 7.98. The van der Waals surface area contributed by atoms with E-state index in [0.29, 0.717) is 35.7 Å². The predicted octanol–water partition coefficient (Wildman–Crippen LogP) is 5.36. The van der Waals surface area contributed by atoms with Crippen molar-refractivity contribution >= 4 is 11.9 Å². The number of fused-ring (bicyclic) bond motifs is 6. The van der Waals surface area contributed by atoms with Crippen LogP contribution >= 0.6 is 11.9 Å². The molecule has 0 spiro atoms. The average molecular weight is 614 g/mol. The summed E-state index contributed by atoms with van der Waals surface area (Å²) in [4.78, 5) is 2.72. The van der Waals surface area contributed by atoms with E-state index in [2.05, 4.69) is 39.4 Å². The Morgan fingerprint density at radius 3 is 2.76 bits per heavy atom. The van der Waals surface area contributed by atoms with Crippen molar-refractivity contribution in [2.45, 2.75) is 126 Å². The summed E-state index contributed by atoms with van der Waals surface area (Å²) in [6, 6.07) is 1.84. The van der Waals surface area contributed by atoms with E-state index in [4.69, 9.17) is 9.84 Å². The summed E-state index contributed by atoms with van der Waals surface area (Å²) in [7, 11) is 0. The highest BCUT2D eigenvalue weighted by Crippen LogP contribution is 2.60. The zero-order valence-electron chi connectivity index (χ0n) is 25.2. The van der Waals surface area contributed by atoms with Crippen LogP contribution in [0.25, 0.3) is 0 Å². The highest BCUT2D eigenvalue weighted by Gasteiger charge is 2.62. The molecule has 4 bridgehead atoms. The first-order valence-corrected chi connectivity index (χ1v) is 17.2. The summed E-state index contributed by atoms with van der Waals surface area (Å²) < 4.78 is 51.2. The summed E-state index contributed by atoms with van der Waals surface area (Å²) in [6.07, 6.45) is 8.96. The van der Waals surface area contributed by atoms with Crippen molar-refractivity contribution < 1.29 is 17.9 Å². The van der Waals surface area contributed by atoms with Gasteiger partial charge in [0.2, 0.25) is 5.88 Å². The molecule has 8 nitrogen and oxygen atoms in total. The van der Waals surface area contributed by atoms with E-state index in [9.17, 15) is 13.2 Å². The summed E-state index contributed by atoms with van der Waals surface area (Å²) in [5, 5.41) is 16.7. The van der Waals surface area contributed by atoms with E-state index >= 15 is 0 Å². The van der Waals surface area contributed by atoms with Crippen molar-refractivity contribution in [3.05, 3.63) is 12.3 Å². The van der Waals surface area contributed by atoms with Crippen molar-refractivity contribution in [3.63, 3.8) is 0 Å². The van der Waals surface area contributed by atoms with Gasteiger partial charge in [0.1, 0.15) is 6.17 Å². The first-order valence-electron chi connectivity index (χ1n) is 16.3. The SMILES string of the molecule is CC1(C)C[C@H]2CCCNC3CCCC(N3)SNCC3CCC(n4ccc(OCCCC5(C(F)(F)F)CC5)n4)NC3N1C2. The Bertz CT molecular complexity index is 1030. The van der Waals surface area contributed by atoms with E-state index in [1.807, 2.05) is 28.9 Å². The second-order valence-electron chi connectivity index (χ2n) is 14.1. The molecule has 42 heavy (non-hydrogen) atoms. The molecule has 1 saturated carbocycles. The average Bonchev–Trinajstić information content (AvgIpc) is 3.50. The first kappa shape index (κ1) is 31.0. The fourth-order valence-corrected chi connectivity index (χ4v) is 8.90. The van der Waals surface area contributed by atoms with Crippen LogP contribution < -0.4 is 25.4 Å². The van der Waals surface area contributed by atoms with Crippen molar-refractivity contribution in [2.24, 2.45) is 17.3 Å². The minimum absolute atomic E-state index is 0.0538. The molecule has 4 N–H and O–H groups in total. The minimum Gasteiger partial charge on any atom is -0.477 e. The normalized spacial score (nSPS) is 36.8. The number of hydrogen-bond donors (Lipinski definition) is 4. The molecule has 4 saturated heterocycles. The maximum atomic E-state index is 13.2. The van der Waals surface area contributed by atoms with Crippen LogP contribution in [-0.2, 0) is 0 Å². The second kappa shape index (κ2) is 12.7. The van der Waals surface area contributed by atoms with Gasteiger partial charge in [-0.1, -0.05) is 11.9 Å². The number of alkyl halides is 3. The number of ether oxygens (including phenoxy) is 1. The van der Waals surface area contributed by atoms with Gasteiger partial charge in [0, 0.05) is 36.8 Å². The molecule has 238 valence electrons. The largest absolute Gasteiger partial charge is 0.477 e. The Balaban J connectivity index is 1.09. The monoisotopic (exact) mass is 613 g/mol. The van der Waals surface area contributed by atoms with E-state index in [1.54, 1.807) is 0 Å². The van der Waals surface area contributed by atoms with Crippen LogP contribution in [0.3, 0.4) is 0 Å². The number of nitrogens with zero attached hydrogens (tertiary/aromatic N) is 3. The summed E-state index contributed by atoms with van der Waals surface area (Å²) in [5.41, 5.74) is -1.35. The quantitative estimate of drug-likeness (QED) is 0.253.